The first-order chi connectivity index (χ1) is 11.7. The average Bonchev–Trinajstić information content (AvgIpc) is 3.07. The first kappa shape index (κ1) is 14.4. The molecule has 0 radical (unpaired) electrons. The van der Waals surface area contributed by atoms with Gasteiger partial charge in [0.05, 0.1) is 18.0 Å². The van der Waals surface area contributed by atoms with E-state index in [4.69, 9.17) is 9.15 Å². The minimum atomic E-state index is -0.563. The fourth-order valence-electron chi connectivity index (χ4n) is 2.73. The molecule has 0 fully saturated rings. The number of halogens is 1. The van der Waals surface area contributed by atoms with Crippen LogP contribution in [0.2, 0.25) is 0 Å². The van der Waals surface area contributed by atoms with E-state index in [0.29, 0.717) is 27.6 Å². The number of carbonyl (C=O) groups excluding carboxylic acids is 1. The smallest absolute Gasteiger partial charge is 0.357 e. The molecule has 0 spiro atoms. The molecule has 0 aliphatic rings. The van der Waals surface area contributed by atoms with Crippen LogP contribution < -0.4 is 0 Å². The number of hydrogen-bond donors (Lipinski definition) is 0. The van der Waals surface area contributed by atoms with Crippen LogP contribution in [0, 0.1) is 5.82 Å². The second-order valence-electron chi connectivity index (χ2n) is 5.33. The van der Waals surface area contributed by atoms with Crippen molar-refractivity contribution in [1.82, 2.24) is 4.98 Å². The molecule has 0 unspecified atom stereocenters. The Morgan fingerprint density at radius 1 is 1.08 bits per heavy atom. The van der Waals surface area contributed by atoms with Crippen molar-refractivity contribution in [1.29, 1.82) is 0 Å². The predicted molar refractivity (Wildman–Crippen MR) is 88.2 cm³/mol. The van der Waals surface area contributed by atoms with Gasteiger partial charge in [-0.25, -0.2) is 14.2 Å². The van der Waals surface area contributed by atoms with Gasteiger partial charge in [-0.05, 0) is 24.3 Å². The van der Waals surface area contributed by atoms with E-state index in [0.717, 1.165) is 5.56 Å². The fraction of sp³-hybridized carbons (Fsp3) is 0.0526. The minimum absolute atomic E-state index is 0.150. The lowest BCUT2D eigenvalue weighted by atomic mass is 10.1. The summed E-state index contributed by atoms with van der Waals surface area (Å²) in [4.78, 5) is 16.4. The molecule has 24 heavy (non-hydrogen) atoms. The molecule has 2 heterocycles. The molecule has 4 nitrogen and oxygen atoms in total. The minimum Gasteiger partial charge on any atom is -0.464 e. The SMILES string of the molecule is COC(=O)c1nc2ccc(F)cc2c2oc(-c3ccccc3)cc12. The van der Waals surface area contributed by atoms with Gasteiger partial charge >= 0.3 is 5.97 Å². The zero-order valence-corrected chi connectivity index (χ0v) is 12.7. The first-order valence-electron chi connectivity index (χ1n) is 7.34. The summed E-state index contributed by atoms with van der Waals surface area (Å²) in [5.41, 5.74) is 1.89. The average molecular weight is 321 g/mol. The number of aromatic nitrogens is 1. The lowest BCUT2D eigenvalue weighted by molar-refractivity contribution is 0.0597. The van der Waals surface area contributed by atoms with Crippen LogP contribution in [0.4, 0.5) is 4.39 Å². The molecule has 5 heteroatoms. The van der Waals surface area contributed by atoms with Gasteiger partial charge in [-0.1, -0.05) is 30.3 Å². The Bertz CT molecular complexity index is 1070. The molecule has 0 amide bonds. The Morgan fingerprint density at radius 3 is 2.62 bits per heavy atom. The molecule has 118 valence electrons. The Hall–Kier alpha value is -3.21. The maximum absolute atomic E-state index is 13.7. The number of methoxy groups -OCH3 is 1. The number of carbonyl (C=O) groups is 1. The number of nitrogens with zero attached hydrogens (tertiary/aromatic N) is 1. The molecule has 4 rings (SSSR count). The molecule has 0 aliphatic heterocycles. The maximum atomic E-state index is 13.7. The zero-order chi connectivity index (χ0) is 16.7. The van der Waals surface area contributed by atoms with Crippen LogP contribution in [-0.4, -0.2) is 18.1 Å². The van der Waals surface area contributed by atoms with Crippen LogP contribution >= 0.6 is 0 Å². The summed E-state index contributed by atoms with van der Waals surface area (Å²) >= 11 is 0. The van der Waals surface area contributed by atoms with Crippen molar-refractivity contribution < 1.29 is 18.3 Å². The molecule has 0 atom stereocenters. The van der Waals surface area contributed by atoms with Gasteiger partial charge < -0.3 is 9.15 Å². The van der Waals surface area contributed by atoms with Crippen molar-refractivity contribution in [3.8, 4) is 11.3 Å². The summed E-state index contributed by atoms with van der Waals surface area (Å²) in [5.74, 6) is -0.380. The second-order valence-corrected chi connectivity index (χ2v) is 5.33. The number of hydrogen-bond acceptors (Lipinski definition) is 4. The van der Waals surface area contributed by atoms with E-state index in [1.807, 2.05) is 30.3 Å². The van der Waals surface area contributed by atoms with E-state index in [2.05, 4.69) is 4.98 Å². The number of rotatable bonds is 2. The third kappa shape index (κ3) is 2.22. The number of esters is 1. The second kappa shape index (κ2) is 5.45. The Morgan fingerprint density at radius 2 is 1.88 bits per heavy atom. The van der Waals surface area contributed by atoms with E-state index in [1.54, 1.807) is 6.07 Å². The predicted octanol–water partition coefficient (Wildman–Crippen LogP) is 4.57. The number of pyridine rings is 1. The number of ether oxygens (including phenoxy) is 1. The standard InChI is InChI=1S/C19H12FNO3/c1-23-19(22)17-14-10-16(11-5-3-2-4-6-11)24-18(14)13-9-12(20)7-8-15(13)21-17/h2-10H,1H3. The van der Waals surface area contributed by atoms with E-state index in [-0.39, 0.29) is 5.69 Å². The highest BCUT2D eigenvalue weighted by Gasteiger charge is 2.20. The normalized spacial score (nSPS) is 11.1. The van der Waals surface area contributed by atoms with E-state index in [9.17, 15) is 9.18 Å². The summed E-state index contributed by atoms with van der Waals surface area (Å²) in [6, 6.07) is 15.4. The molecule has 2 aromatic heterocycles. The highest BCUT2D eigenvalue weighted by atomic mass is 19.1. The molecular formula is C19H12FNO3. The van der Waals surface area contributed by atoms with E-state index >= 15 is 0 Å². The summed E-state index contributed by atoms with van der Waals surface area (Å²) in [5, 5.41) is 1.01. The summed E-state index contributed by atoms with van der Waals surface area (Å²) < 4.78 is 24.4. The van der Waals surface area contributed by atoms with Crippen molar-refractivity contribution in [2.75, 3.05) is 7.11 Å². The Kier molecular flexibility index (Phi) is 3.27. The Balaban J connectivity index is 2.09. The molecule has 4 aromatic rings. The van der Waals surface area contributed by atoms with Crippen LogP contribution in [0.3, 0.4) is 0 Å². The topological polar surface area (TPSA) is 52.3 Å². The third-order valence-electron chi connectivity index (χ3n) is 3.86. The van der Waals surface area contributed by atoms with Crippen molar-refractivity contribution in [2.24, 2.45) is 0 Å². The van der Waals surface area contributed by atoms with E-state index in [1.165, 1.54) is 25.3 Å². The largest absolute Gasteiger partial charge is 0.464 e. The summed E-state index contributed by atoms with van der Waals surface area (Å²) in [6.07, 6.45) is 0. The first-order valence-corrected chi connectivity index (χ1v) is 7.34. The molecule has 0 saturated carbocycles. The van der Waals surface area contributed by atoms with Crippen LogP contribution in [0.25, 0.3) is 33.2 Å². The van der Waals surface area contributed by atoms with Gasteiger partial charge in [0.1, 0.15) is 17.2 Å². The van der Waals surface area contributed by atoms with Crippen molar-refractivity contribution in [2.45, 2.75) is 0 Å². The Labute approximate surface area is 136 Å². The van der Waals surface area contributed by atoms with Crippen LogP contribution in [0.15, 0.2) is 59.0 Å². The fourth-order valence-corrected chi connectivity index (χ4v) is 2.73. The molecule has 2 aromatic carbocycles. The van der Waals surface area contributed by atoms with Crippen molar-refractivity contribution in [3.63, 3.8) is 0 Å². The number of fused-ring (bicyclic) bond motifs is 3. The van der Waals surface area contributed by atoms with Gasteiger partial charge in [0.15, 0.2) is 5.69 Å². The van der Waals surface area contributed by atoms with Crippen LogP contribution in [0.1, 0.15) is 10.5 Å². The quantitative estimate of drug-likeness (QED) is 0.507. The molecule has 0 N–H and O–H groups in total. The highest BCUT2D eigenvalue weighted by Crippen LogP contribution is 2.34. The van der Waals surface area contributed by atoms with Gasteiger partial charge in [-0.2, -0.15) is 0 Å². The van der Waals surface area contributed by atoms with Gasteiger partial charge in [0.25, 0.3) is 0 Å². The zero-order valence-electron chi connectivity index (χ0n) is 12.7. The number of furan rings is 1. The number of benzene rings is 2. The van der Waals surface area contributed by atoms with Gasteiger partial charge in [-0.15, -0.1) is 0 Å². The monoisotopic (exact) mass is 321 g/mol. The van der Waals surface area contributed by atoms with Gasteiger partial charge in [0.2, 0.25) is 0 Å². The summed E-state index contributed by atoms with van der Waals surface area (Å²) in [7, 11) is 1.29. The van der Waals surface area contributed by atoms with Gasteiger partial charge in [-0.3, -0.25) is 0 Å². The van der Waals surface area contributed by atoms with Crippen molar-refractivity contribution >= 4 is 27.8 Å². The van der Waals surface area contributed by atoms with Crippen LogP contribution in [0.5, 0.6) is 0 Å². The molecular weight excluding hydrogens is 309 g/mol. The van der Waals surface area contributed by atoms with Crippen LogP contribution in [-0.2, 0) is 4.74 Å². The van der Waals surface area contributed by atoms with Gasteiger partial charge in [0, 0.05) is 10.9 Å². The highest BCUT2D eigenvalue weighted by molar-refractivity contribution is 6.12. The summed E-state index contributed by atoms with van der Waals surface area (Å²) in [6.45, 7) is 0. The maximum Gasteiger partial charge on any atom is 0.357 e. The lowest BCUT2D eigenvalue weighted by Crippen LogP contribution is -2.05. The van der Waals surface area contributed by atoms with Crippen molar-refractivity contribution in [3.05, 3.63) is 66.1 Å². The molecule has 0 saturated heterocycles. The van der Waals surface area contributed by atoms with E-state index < -0.39 is 11.8 Å². The molecule has 0 aliphatic carbocycles. The third-order valence-corrected chi connectivity index (χ3v) is 3.86. The lowest BCUT2D eigenvalue weighted by Gasteiger charge is -2.03. The molecule has 0 bridgehead atoms.